The van der Waals surface area contributed by atoms with Crippen LogP contribution >= 0.6 is 11.8 Å². The van der Waals surface area contributed by atoms with Gasteiger partial charge in [0.25, 0.3) is 0 Å². The van der Waals surface area contributed by atoms with Crippen LogP contribution in [-0.4, -0.2) is 29.7 Å². The molecule has 1 atom stereocenters. The summed E-state index contributed by atoms with van der Waals surface area (Å²) in [4.78, 5) is 13.1. The summed E-state index contributed by atoms with van der Waals surface area (Å²) in [7, 11) is 0. The number of rotatable bonds is 3. The first-order chi connectivity index (χ1) is 8.90. The highest BCUT2D eigenvalue weighted by Crippen LogP contribution is 2.42. The van der Waals surface area contributed by atoms with E-state index >= 15 is 0 Å². The van der Waals surface area contributed by atoms with E-state index in [9.17, 15) is 18.0 Å². The third kappa shape index (κ3) is 3.42. The summed E-state index contributed by atoms with van der Waals surface area (Å²) in [5.41, 5.74) is -4.14. The summed E-state index contributed by atoms with van der Waals surface area (Å²) in [6, 6.07) is 5.93. The Morgan fingerprint density at radius 3 is 2.63 bits per heavy atom. The van der Waals surface area contributed by atoms with Crippen LogP contribution < -0.4 is 4.90 Å². The number of carbonyl (C=O) groups excluding carboxylic acids is 1. The molecule has 1 aliphatic heterocycles. The molecule has 1 unspecified atom stereocenters. The molecule has 1 saturated heterocycles. The number of halogens is 3. The van der Waals surface area contributed by atoms with E-state index in [0.29, 0.717) is 0 Å². The van der Waals surface area contributed by atoms with Crippen LogP contribution in [0.4, 0.5) is 18.9 Å². The van der Waals surface area contributed by atoms with Crippen LogP contribution in [0.5, 0.6) is 0 Å². The molecule has 1 aromatic carbocycles. The van der Waals surface area contributed by atoms with Gasteiger partial charge in [0.05, 0.1) is 5.69 Å². The highest BCUT2D eigenvalue weighted by atomic mass is 32.2. The number of amides is 1. The molecule has 1 heterocycles. The van der Waals surface area contributed by atoms with Crippen LogP contribution in [0.25, 0.3) is 0 Å². The summed E-state index contributed by atoms with van der Waals surface area (Å²) in [5.74, 6) is -0.467. The van der Waals surface area contributed by atoms with Crippen molar-refractivity contribution in [3.63, 3.8) is 0 Å². The topological polar surface area (TPSA) is 40.5 Å². The van der Waals surface area contributed by atoms with Crippen molar-refractivity contribution in [2.24, 2.45) is 5.92 Å². The van der Waals surface area contributed by atoms with Crippen molar-refractivity contribution in [3.8, 4) is 0 Å². The van der Waals surface area contributed by atoms with Gasteiger partial charge in [-0.15, -0.1) is 0 Å². The highest BCUT2D eigenvalue weighted by Gasteiger charge is 2.35. The van der Waals surface area contributed by atoms with E-state index in [1.165, 1.54) is 23.1 Å². The van der Waals surface area contributed by atoms with E-state index in [0.717, 1.165) is 0 Å². The van der Waals surface area contributed by atoms with Gasteiger partial charge in [-0.3, -0.25) is 4.79 Å². The van der Waals surface area contributed by atoms with Crippen molar-refractivity contribution in [2.75, 3.05) is 18.1 Å². The molecule has 1 N–H and O–H groups in total. The Hall–Kier alpha value is -1.21. The Labute approximate surface area is 112 Å². The van der Waals surface area contributed by atoms with Gasteiger partial charge >= 0.3 is 5.51 Å². The molecule has 0 aromatic heterocycles. The molecule has 0 radical (unpaired) electrons. The fourth-order valence-corrected chi connectivity index (χ4v) is 2.71. The summed E-state index contributed by atoms with van der Waals surface area (Å²) in [6.07, 6.45) is 0.168. The maximum absolute atomic E-state index is 12.5. The van der Waals surface area contributed by atoms with Crippen molar-refractivity contribution in [3.05, 3.63) is 24.3 Å². The lowest BCUT2D eigenvalue weighted by molar-refractivity contribution is -0.117. The first kappa shape index (κ1) is 14.2. The number of anilines is 1. The van der Waals surface area contributed by atoms with E-state index in [1.54, 1.807) is 6.07 Å². The summed E-state index contributed by atoms with van der Waals surface area (Å²) < 4.78 is 37.4. The maximum atomic E-state index is 12.5. The Balaban J connectivity index is 2.27. The Morgan fingerprint density at radius 2 is 2.05 bits per heavy atom. The number of hydrogen-bond acceptors (Lipinski definition) is 3. The number of benzene rings is 1. The number of para-hydroxylation sites is 1. The van der Waals surface area contributed by atoms with Crippen molar-refractivity contribution in [1.29, 1.82) is 0 Å². The van der Waals surface area contributed by atoms with Gasteiger partial charge in [-0.25, -0.2) is 0 Å². The summed E-state index contributed by atoms with van der Waals surface area (Å²) >= 11 is -0.231. The molecule has 3 nitrogen and oxygen atoms in total. The lowest BCUT2D eigenvalue weighted by Gasteiger charge is -2.20. The zero-order chi connectivity index (χ0) is 14.0. The predicted octanol–water partition coefficient (Wildman–Crippen LogP) is 2.64. The van der Waals surface area contributed by atoms with Crippen LogP contribution in [0.2, 0.25) is 0 Å². The van der Waals surface area contributed by atoms with Crippen LogP contribution in [0.3, 0.4) is 0 Å². The average molecular weight is 291 g/mol. The quantitative estimate of drug-likeness (QED) is 0.870. The minimum absolute atomic E-state index is 0.00180. The van der Waals surface area contributed by atoms with E-state index in [-0.39, 0.29) is 53.7 Å². The highest BCUT2D eigenvalue weighted by molar-refractivity contribution is 8.00. The van der Waals surface area contributed by atoms with Gasteiger partial charge in [-0.1, -0.05) is 12.1 Å². The summed E-state index contributed by atoms with van der Waals surface area (Å²) in [5, 5.41) is 9.04. The zero-order valence-corrected chi connectivity index (χ0v) is 10.7. The molecule has 104 valence electrons. The molecule has 1 aliphatic rings. The van der Waals surface area contributed by atoms with Gasteiger partial charge in [-0.2, -0.15) is 13.2 Å². The van der Waals surface area contributed by atoms with Gasteiger partial charge in [0.2, 0.25) is 5.91 Å². The van der Waals surface area contributed by atoms with Crippen molar-refractivity contribution < 1.29 is 23.1 Å². The predicted molar refractivity (Wildman–Crippen MR) is 65.9 cm³/mol. The second-order valence-corrected chi connectivity index (χ2v) is 5.38. The fraction of sp³-hybridized carbons (Fsp3) is 0.417. The largest absolute Gasteiger partial charge is 0.446 e. The molecular weight excluding hydrogens is 279 g/mol. The molecule has 1 fully saturated rings. The zero-order valence-electron chi connectivity index (χ0n) is 9.85. The Morgan fingerprint density at radius 1 is 1.37 bits per heavy atom. The standard InChI is InChI=1S/C12H12F3NO2S/c13-12(14,15)19-10-4-2-1-3-9(10)16-6-8(7-17)5-11(16)18/h1-4,8,17H,5-7H2. The van der Waals surface area contributed by atoms with Crippen LogP contribution in [0.1, 0.15) is 6.42 Å². The Kier molecular flexibility index (Phi) is 4.05. The molecule has 0 spiro atoms. The maximum Gasteiger partial charge on any atom is 0.446 e. The number of hydrogen-bond donors (Lipinski definition) is 1. The number of aliphatic hydroxyl groups is 1. The molecule has 7 heteroatoms. The third-order valence-corrected chi connectivity index (χ3v) is 3.64. The number of thioether (sulfide) groups is 1. The lowest BCUT2D eigenvalue weighted by Crippen LogP contribution is -2.25. The molecule has 1 aromatic rings. The molecule has 2 rings (SSSR count). The molecule has 0 bridgehead atoms. The first-order valence-corrected chi connectivity index (χ1v) is 6.48. The average Bonchev–Trinajstić information content (AvgIpc) is 2.69. The molecule has 0 aliphatic carbocycles. The second kappa shape index (κ2) is 5.42. The van der Waals surface area contributed by atoms with Crippen LogP contribution in [-0.2, 0) is 4.79 Å². The molecule has 0 saturated carbocycles. The van der Waals surface area contributed by atoms with Gasteiger partial charge in [0.15, 0.2) is 0 Å². The SMILES string of the molecule is O=C1CC(CO)CN1c1ccccc1SC(F)(F)F. The molecule has 19 heavy (non-hydrogen) atoms. The van der Waals surface area contributed by atoms with Gasteiger partial charge in [0.1, 0.15) is 0 Å². The van der Waals surface area contributed by atoms with Crippen molar-refractivity contribution in [2.45, 2.75) is 16.8 Å². The van der Waals surface area contributed by atoms with Gasteiger partial charge in [-0.05, 0) is 23.9 Å². The number of nitrogens with zero attached hydrogens (tertiary/aromatic N) is 1. The van der Waals surface area contributed by atoms with E-state index < -0.39 is 5.51 Å². The van der Waals surface area contributed by atoms with Crippen molar-refractivity contribution in [1.82, 2.24) is 0 Å². The fourth-order valence-electron chi connectivity index (χ4n) is 2.03. The third-order valence-electron chi connectivity index (χ3n) is 2.85. The van der Waals surface area contributed by atoms with Crippen LogP contribution in [0.15, 0.2) is 29.2 Å². The minimum atomic E-state index is -4.39. The van der Waals surface area contributed by atoms with Gasteiger partial charge < -0.3 is 10.0 Å². The lowest BCUT2D eigenvalue weighted by atomic mass is 10.1. The van der Waals surface area contributed by atoms with Crippen molar-refractivity contribution >= 4 is 23.4 Å². The van der Waals surface area contributed by atoms with Gasteiger partial charge in [0, 0.05) is 30.4 Å². The van der Waals surface area contributed by atoms with E-state index in [4.69, 9.17) is 5.11 Å². The monoisotopic (exact) mass is 291 g/mol. The molecular formula is C12H12F3NO2S. The Bertz CT molecular complexity index is 478. The number of alkyl halides is 3. The smallest absolute Gasteiger partial charge is 0.396 e. The number of carbonyl (C=O) groups is 1. The second-order valence-electron chi connectivity index (χ2n) is 4.27. The summed E-state index contributed by atoms with van der Waals surface area (Å²) in [6.45, 7) is 0.113. The van der Waals surface area contributed by atoms with E-state index in [2.05, 4.69) is 0 Å². The number of aliphatic hydroxyl groups excluding tert-OH is 1. The normalized spacial score (nSPS) is 20.1. The first-order valence-electron chi connectivity index (χ1n) is 5.66. The molecule has 1 amide bonds. The minimum Gasteiger partial charge on any atom is -0.396 e. The van der Waals surface area contributed by atoms with Crippen LogP contribution in [0, 0.1) is 5.92 Å². The van der Waals surface area contributed by atoms with E-state index in [1.807, 2.05) is 0 Å².